The lowest BCUT2D eigenvalue weighted by atomic mass is 10.4. The number of rotatable bonds is 3. The van der Waals surface area contributed by atoms with Crippen molar-refractivity contribution in [1.29, 1.82) is 0 Å². The maximum Gasteiger partial charge on any atom is 0.202 e. The molecule has 0 aliphatic carbocycles. The lowest BCUT2D eigenvalue weighted by molar-refractivity contribution is -0.248. The molecule has 1 heterocycles. The molecule has 1 radical (unpaired) electrons. The van der Waals surface area contributed by atoms with Crippen molar-refractivity contribution in [2.45, 2.75) is 19.8 Å². The summed E-state index contributed by atoms with van der Waals surface area (Å²) in [5.41, 5.74) is 0. The second-order valence-corrected chi connectivity index (χ2v) is 2.01. The van der Waals surface area contributed by atoms with Gasteiger partial charge in [-0.3, -0.25) is 5.32 Å². The molecule has 1 N–H and O–H groups in total. The maximum atomic E-state index is 4.76. The molecule has 1 aliphatic heterocycles. The van der Waals surface area contributed by atoms with Crippen molar-refractivity contribution >= 4 is 0 Å². The Morgan fingerprint density at radius 1 is 1.67 bits per heavy atom. The van der Waals surface area contributed by atoms with Crippen LogP contribution in [0.3, 0.4) is 0 Å². The van der Waals surface area contributed by atoms with Crippen LogP contribution in [0.15, 0.2) is 0 Å². The minimum Gasteiger partial charge on any atom is -0.283 e. The van der Waals surface area contributed by atoms with E-state index in [2.05, 4.69) is 17.1 Å². The summed E-state index contributed by atoms with van der Waals surface area (Å²) < 4.78 is 0. The van der Waals surface area contributed by atoms with E-state index < -0.39 is 0 Å². The highest BCUT2D eigenvalue weighted by atomic mass is 17.2. The van der Waals surface area contributed by atoms with E-state index in [-0.39, 0.29) is 0 Å². The largest absolute Gasteiger partial charge is 0.283 e. The van der Waals surface area contributed by atoms with Gasteiger partial charge in [-0.2, -0.15) is 0 Å². The van der Waals surface area contributed by atoms with Gasteiger partial charge >= 0.3 is 0 Å². The third kappa shape index (κ3) is 2.30. The molecule has 0 bridgehead atoms. The summed E-state index contributed by atoms with van der Waals surface area (Å²) in [6, 6.07) is 0. The highest BCUT2D eigenvalue weighted by Crippen LogP contribution is 2.12. The molecule has 53 valence electrons. The summed E-state index contributed by atoms with van der Waals surface area (Å²) in [6.07, 6.45) is 2.88. The number of hydrogen-bond donors (Lipinski definition) is 1. The zero-order valence-electron chi connectivity index (χ0n) is 5.64. The van der Waals surface area contributed by atoms with E-state index in [4.69, 9.17) is 4.89 Å². The van der Waals surface area contributed by atoms with Crippen LogP contribution in [0.2, 0.25) is 0 Å². The fraction of sp³-hybridized carbons (Fsp3) is 0.833. The highest BCUT2D eigenvalue weighted by molar-refractivity contribution is 4.75. The van der Waals surface area contributed by atoms with Crippen LogP contribution in [0.5, 0.6) is 0 Å². The first kappa shape index (κ1) is 6.99. The first-order chi connectivity index (χ1) is 4.43. The summed E-state index contributed by atoms with van der Waals surface area (Å²) in [5, 5.41) is 3.10. The SMILES string of the molecule is CCCN[C]1CCOO1. The Morgan fingerprint density at radius 3 is 3.11 bits per heavy atom. The molecule has 3 heteroatoms. The molecule has 3 nitrogen and oxygen atoms in total. The lowest BCUT2D eigenvalue weighted by Crippen LogP contribution is -2.20. The van der Waals surface area contributed by atoms with Crippen molar-refractivity contribution in [1.82, 2.24) is 5.32 Å². The molecule has 0 saturated carbocycles. The number of nitrogens with one attached hydrogen (secondary N) is 1. The van der Waals surface area contributed by atoms with E-state index in [1.54, 1.807) is 0 Å². The summed E-state index contributed by atoms with van der Waals surface area (Å²) in [4.78, 5) is 9.42. The summed E-state index contributed by atoms with van der Waals surface area (Å²) in [5.74, 6) is 0. The zero-order chi connectivity index (χ0) is 6.53. The molecule has 1 saturated heterocycles. The van der Waals surface area contributed by atoms with Gasteiger partial charge in [0.2, 0.25) is 6.23 Å². The second kappa shape index (κ2) is 3.82. The molecule has 1 aliphatic rings. The van der Waals surface area contributed by atoms with Crippen LogP contribution in [0.1, 0.15) is 19.8 Å². The van der Waals surface area contributed by atoms with Crippen LogP contribution in [-0.2, 0) is 9.78 Å². The fourth-order valence-corrected chi connectivity index (χ4v) is 0.671. The summed E-state index contributed by atoms with van der Waals surface area (Å²) in [7, 11) is 0. The maximum absolute atomic E-state index is 4.76. The standard InChI is InChI=1S/C6H12NO2/c1-2-4-7-6-3-5-8-9-6/h7H,2-5H2,1H3. The van der Waals surface area contributed by atoms with Crippen LogP contribution in [-0.4, -0.2) is 13.2 Å². The molecule has 0 unspecified atom stereocenters. The average Bonchev–Trinajstić information content (AvgIpc) is 2.34. The van der Waals surface area contributed by atoms with E-state index >= 15 is 0 Å². The first-order valence-electron chi connectivity index (χ1n) is 3.32. The molecule has 9 heavy (non-hydrogen) atoms. The van der Waals surface area contributed by atoms with Crippen molar-refractivity contribution in [3.8, 4) is 0 Å². The van der Waals surface area contributed by atoms with Crippen molar-refractivity contribution in [2.75, 3.05) is 13.2 Å². The van der Waals surface area contributed by atoms with Gasteiger partial charge in [-0.25, -0.2) is 9.78 Å². The van der Waals surface area contributed by atoms with Crippen LogP contribution in [0.25, 0.3) is 0 Å². The smallest absolute Gasteiger partial charge is 0.202 e. The van der Waals surface area contributed by atoms with Crippen molar-refractivity contribution in [3.63, 3.8) is 0 Å². The third-order valence-electron chi connectivity index (χ3n) is 1.14. The Kier molecular flexibility index (Phi) is 2.97. The van der Waals surface area contributed by atoms with Gasteiger partial charge in [-0.15, -0.1) is 0 Å². The van der Waals surface area contributed by atoms with Crippen LogP contribution < -0.4 is 5.32 Å². The number of hydrogen-bond acceptors (Lipinski definition) is 3. The molecule has 0 aromatic heterocycles. The molecule has 0 spiro atoms. The van der Waals surface area contributed by atoms with Gasteiger partial charge in [-0.05, 0) is 13.0 Å². The van der Waals surface area contributed by atoms with E-state index in [1.807, 2.05) is 0 Å². The predicted octanol–water partition coefficient (Wildman–Crippen LogP) is 0.827. The van der Waals surface area contributed by atoms with Gasteiger partial charge in [0.05, 0.1) is 6.61 Å². The third-order valence-corrected chi connectivity index (χ3v) is 1.14. The molecular weight excluding hydrogens is 118 g/mol. The van der Waals surface area contributed by atoms with E-state index in [9.17, 15) is 0 Å². The van der Waals surface area contributed by atoms with Gasteiger partial charge < -0.3 is 0 Å². The second-order valence-electron chi connectivity index (χ2n) is 2.01. The van der Waals surface area contributed by atoms with Crippen molar-refractivity contribution < 1.29 is 9.78 Å². The van der Waals surface area contributed by atoms with Gasteiger partial charge in [0, 0.05) is 6.42 Å². The van der Waals surface area contributed by atoms with Gasteiger partial charge in [-0.1, -0.05) is 6.92 Å². The Bertz CT molecular complexity index is 71.5. The quantitative estimate of drug-likeness (QED) is 0.574. The molecule has 1 rings (SSSR count). The summed E-state index contributed by atoms with van der Waals surface area (Å²) in [6.45, 7) is 3.77. The minimum atomic E-state index is 0.687. The fourth-order valence-electron chi connectivity index (χ4n) is 0.671. The molecule has 1 fully saturated rings. The van der Waals surface area contributed by atoms with Gasteiger partial charge in [0.15, 0.2) is 0 Å². The average molecular weight is 130 g/mol. The lowest BCUT2D eigenvalue weighted by Gasteiger charge is -2.04. The highest BCUT2D eigenvalue weighted by Gasteiger charge is 2.16. The van der Waals surface area contributed by atoms with Gasteiger partial charge in [0.1, 0.15) is 0 Å². The Balaban J connectivity index is 1.98. The van der Waals surface area contributed by atoms with Crippen LogP contribution in [0, 0.1) is 6.23 Å². The van der Waals surface area contributed by atoms with E-state index in [0.717, 1.165) is 25.6 Å². The Hall–Kier alpha value is -0.120. The molecular formula is C6H12NO2. The molecule has 0 amide bonds. The molecule has 0 atom stereocenters. The Labute approximate surface area is 55.3 Å². The summed E-state index contributed by atoms with van der Waals surface area (Å²) >= 11 is 0. The monoisotopic (exact) mass is 130 g/mol. The van der Waals surface area contributed by atoms with Gasteiger partial charge in [0.25, 0.3) is 0 Å². The minimum absolute atomic E-state index is 0.687. The normalized spacial score (nSPS) is 21.0. The first-order valence-corrected chi connectivity index (χ1v) is 3.32. The Morgan fingerprint density at radius 2 is 2.56 bits per heavy atom. The van der Waals surface area contributed by atoms with Crippen LogP contribution in [0.4, 0.5) is 0 Å². The van der Waals surface area contributed by atoms with E-state index in [1.165, 1.54) is 0 Å². The van der Waals surface area contributed by atoms with Crippen molar-refractivity contribution in [3.05, 3.63) is 6.23 Å². The molecule has 0 aromatic rings. The van der Waals surface area contributed by atoms with Crippen molar-refractivity contribution in [2.24, 2.45) is 0 Å². The zero-order valence-corrected chi connectivity index (χ0v) is 5.64. The predicted molar refractivity (Wildman–Crippen MR) is 33.2 cm³/mol. The topological polar surface area (TPSA) is 30.5 Å². The van der Waals surface area contributed by atoms with Crippen LogP contribution >= 0.6 is 0 Å². The molecule has 0 aromatic carbocycles. The van der Waals surface area contributed by atoms with E-state index in [0.29, 0.717) is 6.61 Å².